The normalized spacial score (nSPS) is 9.18. The summed E-state index contributed by atoms with van der Waals surface area (Å²) in [5, 5.41) is 8.29. The van der Waals surface area contributed by atoms with Gasteiger partial charge in [0.15, 0.2) is 5.78 Å². The highest BCUT2D eigenvalue weighted by Crippen LogP contribution is 1.94. The quantitative estimate of drug-likeness (QED) is 0.451. The van der Waals surface area contributed by atoms with Gasteiger partial charge in [-0.25, -0.2) is 0 Å². The number of ketones is 1. The molecule has 0 aliphatic heterocycles. The van der Waals surface area contributed by atoms with Gasteiger partial charge in [0.05, 0.1) is 5.57 Å². The molecule has 0 heterocycles. The minimum atomic E-state index is -0.153. The highest BCUT2D eigenvalue weighted by atomic mass is 16.1. The summed E-state index contributed by atoms with van der Waals surface area (Å²) in [6.07, 6.45) is 2.37. The van der Waals surface area contributed by atoms with Gasteiger partial charge in [0.25, 0.3) is 0 Å². The molecule has 0 radical (unpaired) electrons. The summed E-state index contributed by atoms with van der Waals surface area (Å²) in [4.78, 5) is 10.5. The van der Waals surface area contributed by atoms with Gasteiger partial charge in [0, 0.05) is 0 Å². The Labute approximate surface area is 68.5 Å². The Hall–Kier alpha value is -1.10. The molecule has 0 aromatic rings. The first-order valence-electron chi connectivity index (χ1n) is 3.83. The largest absolute Gasteiger partial charge is 0.294 e. The van der Waals surface area contributed by atoms with E-state index >= 15 is 0 Å². The lowest BCUT2D eigenvalue weighted by molar-refractivity contribution is -0.113. The van der Waals surface area contributed by atoms with Crippen molar-refractivity contribution in [2.24, 2.45) is 0 Å². The molecule has 0 saturated heterocycles. The van der Waals surface area contributed by atoms with Crippen LogP contribution in [-0.2, 0) is 4.79 Å². The molecule has 0 aromatic heterocycles. The standard InChI is InChI=1S/C7H9NO.C2H6/c1-3-4-7(5-8)6(2)9;1-2/h4H,3H2,1-2H3;1-2H3/b7-4+;. The molecule has 0 atom stereocenters. The third-order valence-electron chi connectivity index (χ3n) is 0.908. The second-order valence-corrected chi connectivity index (χ2v) is 1.69. The third-order valence-corrected chi connectivity index (χ3v) is 0.908. The van der Waals surface area contributed by atoms with E-state index in [1.54, 1.807) is 6.08 Å². The van der Waals surface area contributed by atoms with Crippen LogP contribution in [0.4, 0.5) is 0 Å². The van der Waals surface area contributed by atoms with E-state index in [1.807, 2.05) is 26.8 Å². The Morgan fingerprint density at radius 2 is 2.00 bits per heavy atom. The SMILES string of the molecule is CC.CC/C=C(\C#N)C(C)=O. The van der Waals surface area contributed by atoms with Gasteiger partial charge in [-0.15, -0.1) is 0 Å². The summed E-state index contributed by atoms with van der Waals surface area (Å²) in [6.45, 7) is 7.28. The zero-order chi connectivity index (χ0) is 9.28. The van der Waals surface area contributed by atoms with E-state index in [0.717, 1.165) is 6.42 Å². The molecule has 0 spiro atoms. The molecule has 62 valence electrons. The molecular weight excluding hydrogens is 138 g/mol. The van der Waals surface area contributed by atoms with Crippen LogP contribution in [0, 0.1) is 11.3 Å². The molecule has 0 bridgehead atoms. The van der Waals surface area contributed by atoms with E-state index in [-0.39, 0.29) is 11.4 Å². The second-order valence-electron chi connectivity index (χ2n) is 1.69. The van der Waals surface area contributed by atoms with Crippen LogP contribution in [0.15, 0.2) is 11.6 Å². The Morgan fingerprint density at radius 1 is 1.55 bits per heavy atom. The Kier molecular flexibility index (Phi) is 10.2. The number of hydrogen-bond donors (Lipinski definition) is 0. The number of carbonyl (C=O) groups excluding carboxylic acids is 1. The van der Waals surface area contributed by atoms with Crippen molar-refractivity contribution in [3.8, 4) is 6.07 Å². The smallest absolute Gasteiger partial charge is 0.169 e. The topological polar surface area (TPSA) is 40.9 Å². The van der Waals surface area contributed by atoms with Crippen LogP contribution in [0.5, 0.6) is 0 Å². The highest BCUT2D eigenvalue weighted by molar-refractivity contribution is 5.96. The number of allylic oxidation sites excluding steroid dienone is 2. The number of carbonyl (C=O) groups is 1. The lowest BCUT2D eigenvalue weighted by atomic mass is 10.2. The van der Waals surface area contributed by atoms with E-state index in [2.05, 4.69) is 0 Å². The van der Waals surface area contributed by atoms with Crippen LogP contribution in [0.2, 0.25) is 0 Å². The first-order chi connectivity index (χ1) is 5.22. The third kappa shape index (κ3) is 6.79. The van der Waals surface area contributed by atoms with Crippen LogP contribution in [-0.4, -0.2) is 5.78 Å². The molecular formula is C9H15NO. The number of rotatable bonds is 2. The Morgan fingerprint density at radius 3 is 2.09 bits per heavy atom. The van der Waals surface area contributed by atoms with E-state index in [4.69, 9.17) is 5.26 Å². The predicted octanol–water partition coefficient (Wildman–Crippen LogP) is 2.46. The maximum absolute atomic E-state index is 10.5. The van der Waals surface area contributed by atoms with E-state index < -0.39 is 0 Å². The molecule has 0 aromatic carbocycles. The first-order valence-corrected chi connectivity index (χ1v) is 3.83. The van der Waals surface area contributed by atoms with Crippen molar-refractivity contribution >= 4 is 5.78 Å². The van der Waals surface area contributed by atoms with Crippen LogP contribution in [0.1, 0.15) is 34.1 Å². The van der Waals surface area contributed by atoms with Gasteiger partial charge in [-0.3, -0.25) is 4.79 Å². The monoisotopic (exact) mass is 153 g/mol. The maximum atomic E-state index is 10.5. The van der Waals surface area contributed by atoms with Gasteiger partial charge < -0.3 is 0 Å². The lowest BCUT2D eigenvalue weighted by Crippen LogP contribution is -1.92. The summed E-state index contributed by atoms with van der Waals surface area (Å²) in [5.41, 5.74) is 0.262. The first kappa shape index (κ1) is 12.6. The van der Waals surface area contributed by atoms with Crippen LogP contribution in [0.25, 0.3) is 0 Å². The molecule has 0 aliphatic rings. The average Bonchev–Trinajstić information content (AvgIpc) is 2.03. The van der Waals surface area contributed by atoms with Gasteiger partial charge in [-0.05, 0) is 13.3 Å². The Balaban J connectivity index is 0. The lowest BCUT2D eigenvalue weighted by Gasteiger charge is -1.85. The average molecular weight is 153 g/mol. The predicted molar refractivity (Wildman–Crippen MR) is 46.0 cm³/mol. The Bertz CT molecular complexity index is 174. The molecule has 11 heavy (non-hydrogen) atoms. The number of nitrogens with zero attached hydrogens (tertiary/aromatic N) is 1. The molecule has 0 fully saturated rings. The van der Waals surface area contributed by atoms with Gasteiger partial charge in [0.2, 0.25) is 0 Å². The van der Waals surface area contributed by atoms with Gasteiger partial charge in [0.1, 0.15) is 6.07 Å². The number of Topliss-reactive ketones (excluding diaryl/α,β-unsaturated/α-hetero) is 1. The molecule has 2 nitrogen and oxygen atoms in total. The zero-order valence-electron chi connectivity index (χ0n) is 7.64. The van der Waals surface area contributed by atoms with Crippen LogP contribution < -0.4 is 0 Å². The summed E-state index contributed by atoms with van der Waals surface area (Å²) in [5.74, 6) is -0.153. The number of nitriles is 1. The molecule has 0 saturated carbocycles. The van der Waals surface area contributed by atoms with Gasteiger partial charge in [-0.2, -0.15) is 5.26 Å². The van der Waals surface area contributed by atoms with Crippen molar-refractivity contribution in [3.05, 3.63) is 11.6 Å². The highest BCUT2D eigenvalue weighted by Gasteiger charge is 1.97. The molecule has 0 rings (SSSR count). The fourth-order valence-corrected chi connectivity index (χ4v) is 0.472. The van der Waals surface area contributed by atoms with Crippen molar-refractivity contribution in [1.29, 1.82) is 5.26 Å². The van der Waals surface area contributed by atoms with Crippen LogP contribution in [0.3, 0.4) is 0 Å². The van der Waals surface area contributed by atoms with Crippen molar-refractivity contribution in [2.45, 2.75) is 34.1 Å². The minimum absolute atomic E-state index is 0.153. The molecule has 2 heteroatoms. The van der Waals surface area contributed by atoms with Gasteiger partial charge >= 0.3 is 0 Å². The fraction of sp³-hybridized carbons (Fsp3) is 0.556. The summed E-state index contributed by atoms with van der Waals surface area (Å²) >= 11 is 0. The fourth-order valence-electron chi connectivity index (χ4n) is 0.472. The van der Waals surface area contributed by atoms with Crippen LogP contribution >= 0.6 is 0 Å². The van der Waals surface area contributed by atoms with Crippen molar-refractivity contribution in [1.82, 2.24) is 0 Å². The molecule has 0 aliphatic carbocycles. The summed E-state index contributed by atoms with van der Waals surface area (Å²) in [6, 6.07) is 1.81. The van der Waals surface area contributed by atoms with Crippen molar-refractivity contribution < 1.29 is 4.79 Å². The van der Waals surface area contributed by atoms with Crippen molar-refractivity contribution in [2.75, 3.05) is 0 Å². The maximum Gasteiger partial charge on any atom is 0.169 e. The zero-order valence-corrected chi connectivity index (χ0v) is 7.64. The van der Waals surface area contributed by atoms with E-state index in [0.29, 0.717) is 0 Å². The minimum Gasteiger partial charge on any atom is -0.294 e. The van der Waals surface area contributed by atoms with E-state index in [1.165, 1.54) is 6.92 Å². The number of hydrogen-bond acceptors (Lipinski definition) is 2. The summed E-state index contributed by atoms with van der Waals surface area (Å²) < 4.78 is 0. The molecule has 0 unspecified atom stereocenters. The van der Waals surface area contributed by atoms with Gasteiger partial charge in [-0.1, -0.05) is 26.8 Å². The van der Waals surface area contributed by atoms with E-state index in [9.17, 15) is 4.79 Å². The second kappa shape index (κ2) is 8.90. The summed E-state index contributed by atoms with van der Waals surface area (Å²) in [7, 11) is 0. The molecule has 0 amide bonds. The van der Waals surface area contributed by atoms with Crippen molar-refractivity contribution in [3.63, 3.8) is 0 Å². The molecule has 0 N–H and O–H groups in total.